The first-order chi connectivity index (χ1) is 8.65. The molecule has 0 amide bonds. The minimum Gasteiger partial charge on any atom is -0.494 e. The third kappa shape index (κ3) is 2.58. The van der Waals surface area contributed by atoms with Gasteiger partial charge in [0.1, 0.15) is 11.4 Å². The fourth-order valence-corrected chi connectivity index (χ4v) is 2.11. The molecular formula is C13H11Cl2NO2. The van der Waals surface area contributed by atoms with Gasteiger partial charge in [0.15, 0.2) is 0 Å². The second-order valence-electron chi connectivity index (χ2n) is 3.64. The molecule has 1 aromatic carbocycles. The summed E-state index contributed by atoms with van der Waals surface area (Å²) in [5.74, 6) is 0.594. The maximum Gasteiger partial charge on any atom is 0.145 e. The summed E-state index contributed by atoms with van der Waals surface area (Å²) in [6.45, 7) is -0.137. The van der Waals surface area contributed by atoms with Crippen molar-refractivity contribution in [2.24, 2.45) is 0 Å². The fraction of sp³-hybridized carbons (Fsp3) is 0.154. The Labute approximate surface area is 115 Å². The second-order valence-corrected chi connectivity index (χ2v) is 4.48. The van der Waals surface area contributed by atoms with E-state index >= 15 is 0 Å². The number of rotatable bonds is 3. The molecular weight excluding hydrogens is 273 g/mol. The minimum absolute atomic E-state index is 0.137. The van der Waals surface area contributed by atoms with Crippen LogP contribution in [0.1, 0.15) is 5.69 Å². The normalized spacial score (nSPS) is 10.4. The Balaban J connectivity index is 2.60. The van der Waals surface area contributed by atoms with E-state index in [0.717, 1.165) is 0 Å². The lowest BCUT2D eigenvalue weighted by Gasteiger charge is -2.10. The monoisotopic (exact) mass is 283 g/mol. The first-order valence-electron chi connectivity index (χ1n) is 5.26. The molecule has 0 radical (unpaired) electrons. The van der Waals surface area contributed by atoms with Gasteiger partial charge in [0.05, 0.1) is 24.4 Å². The van der Waals surface area contributed by atoms with E-state index in [1.165, 1.54) is 0 Å². The molecule has 2 rings (SSSR count). The van der Waals surface area contributed by atoms with Gasteiger partial charge in [-0.15, -0.1) is 0 Å². The Morgan fingerprint density at radius 2 is 2.00 bits per heavy atom. The molecule has 1 aromatic heterocycles. The summed E-state index contributed by atoms with van der Waals surface area (Å²) in [6, 6.07) is 8.60. The number of aliphatic hydroxyl groups excluding tert-OH is 1. The first-order valence-corrected chi connectivity index (χ1v) is 6.01. The maximum absolute atomic E-state index is 9.13. The van der Waals surface area contributed by atoms with Crippen molar-refractivity contribution in [2.75, 3.05) is 7.11 Å². The van der Waals surface area contributed by atoms with Crippen molar-refractivity contribution in [3.8, 4) is 17.0 Å². The highest BCUT2D eigenvalue weighted by atomic mass is 35.5. The van der Waals surface area contributed by atoms with Gasteiger partial charge < -0.3 is 9.84 Å². The number of nitrogens with zero attached hydrogens (tertiary/aromatic N) is 1. The van der Waals surface area contributed by atoms with Crippen molar-refractivity contribution in [3.63, 3.8) is 0 Å². The molecule has 2 aromatic rings. The fourth-order valence-electron chi connectivity index (χ4n) is 1.61. The summed E-state index contributed by atoms with van der Waals surface area (Å²) in [5.41, 5.74) is 1.86. The maximum atomic E-state index is 9.13. The van der Waals surface area contributed by atoms with Gasteiger partial charge in [0.25, 0.3) is 0 Å². The average molecular weight is 284 g/mol. The van der Waals surface area contributed by atoms with Gasteiger partial charge in [-0.2, -0.15) is 0 Å². The molecule has 0 fully saturated rings. The zero-order chi connectivity index (χ0) is 13.1. The SMILES string of the molecule is COc1ccc(CO)nc1-c1ccc(Cl)cc1Cl. The molecule has 0 saturated carbocycles. The van der Waals surface area contributed by atoms with E-state index in [2.05, 4.69) is 4.98 Å². The van der Waals surface area contributed by atoms with Gasteiger partial charge in [0, 0.05) is 10.6 Å². The van der Waals surface area contributed by atoms with Crippen LogP contribution in [0.5, 0.6) is 5.75 Å². The summed E-state index contributed by atoms with van der Waals surface area (Å²) in [4.78, 5) is 4.32. The third-order valence-electron chi connectivity index (χ3n) is 2.48. The Morgan fingerprint density at radius 1 is 1.22 bits per heavy atom. The molecule has 0 unspecified atom stereocenters. The minimum atomic E-state index is -0.137. The van der Waals surface area contributed by atoms with Crippen molar-refractivity contribution < 1.29 is 9.84 Å². The molecule has 0 aliphatic rings. The highest BCUT2D eigenvalue weighted by molar-refractivity contribution is 6.36. The van der Waals surface area contributed by atoms with Gasteiger partial charge in [0.2, 0.25) is 0 Å². The Morgan fingerprint density at radius 3 is 2.61 bits per heavy atom. The number of benzene rings is 1. The topological polar surface area (TPSA) is 42.4 Å². The van der Waals surface area contributed by atoms with E-state index in [1.807, 2.05) is 0 Å². The molecule has 18 heavy (non-hydrogen) atoms. The number of aromatic nitrogens is 1. The van der Waals surface area contributed by atoms with Crippen LogP contribution in [0.15, 0.2) is 30.3 Å². The summed E-state index contributed by atoms with van der Waals surface area (Å²) < 4.78 is 5.25. The number of hydrogen-bond donors (Lipinski definition) is 1. The summed E-state index contributed by atoms with van der Waals surface area (Å²) in [6.07, 6.45) is 0. The van der Waals surface area contributed by atoms with E-state index < -0.39 is 0 Å². The predicted octanol–water partition coefficient (Wildman–Crippen LogP) is 3.56. The molecule has 1 heterocycles. The molecule has 5 heteroatoms. The standard InChI is InChI=1S/C13H11Cl2NO2/c1-18-12-5-3-9(7-17)16-13(12)10-4-2-8(14)6-11(10)15/h2-6,17H,7H2,1H3. The van der Waals surface area contributed by atoms with Crippen LogP contribution in [-0.2, 0) is 6.61 Å². The van der Waals surface area contributed by atoms with Crippen LogP contribution < -0.4 is 4.74 Å². The Kier molecular flexibility index (Phi) is 4.07. The van der Waals surface area contributed by atoms with Crippen molar-refractivity contribution >= 4 is 23.2 Å². The molecule has 0 atom stereocenters. The third-order valence-corrected chi connectivity index (χ3v) is 3.03. The second kappa shape index (κ2) is 5.57. The number of pyridine rings is 1. The molecule has 0 bridgehead atoms. The number of ether oxygens (including phenoxy) is 1. The number of halogens is 2. The van der Waals surface area contributed by atoms with Crippen LogP contribution in [0.4, 0.5) is 0 Å². The Bertz CT molecular complexity index is 573. The largest absolute Gasteiger partial charge is 0.494 e. The first kappa shape index (κ1) is 13.1. The summed E-state index contributed by atoms with van der Waals surface area (Å²) in [7, 11) is 1.56. The molecule has 1 N–H and O–H groups in total. The molecule has 3 nitrogen and oxygen atoms in total. The lowest BCUT2D eigenvalue weighted by atomic mass is 10.1. The van der Waals surface area contributed by atoms with E-state index in [0.29, 0.717) is 32.7 Å². The van der Waals surface area contributed by atoms with E-state index in [-0.39, 0.29) is 6.61 Å². The summed E-state index contributed by atoms with van der Waals surface area (Å²) in [5, 5.41) is 10.2. The van der Waals surface area contributed by atoms with E-state index in [9.17, 15) is 0 Å². The van der Waals surface area contributed by atoms with Gasteiger partial charge in [-0.3, -0.25) is 0 Å². The van der Waals surface area contributed by atoms with Gasteiger partial charge in [-0.05, 0) is 30.3 Å². The van der Waals surface area contributed by atoms with Crippen LogP contribution in [0.25, 0.3) is 11.3 Å². The van der Waals surface area contributed by atoms with Gasteiger partial charge in [-0.25, -0.2) is 4.98 Å². The molecule has 0 saturated heterocycles. The highest BCUT2D eigenvalue weighted by Gasteiger charge is 2.12. The van der Waals surface area contributed by atoms with Crippen LogP contribution in [0, 0.1) is 0 Å². The van der Waals surface area contributed by atoms with Gasteiger partial charge in [-0.1, -0.05) is 23.2 Å². The number of hydrogen-bond acceptors (Lipinski definition) is 3. The van der Waals surface area contributed by atoms with Crippen LogP contribution in [-0.4, -0.2) is 17.2 Å². The van der Waals surface area contributed by atoms with Crippen LogP contribution >= 0.6 is 23.2 Å². The predicted molar refractivity (Wildman–Crippen MR) is 72.2 cm³/mol. The molecule has 94 valence electrons. The zero-order valence-electron chi connectivity index (χ0n) is 9.65. The van der Waals surface area contributed by atoms with Gasteiger partial charge >= 0.3 is 0 Å². The number of aliphatic hydroxyl groups is 1. The average Bonchev–Trinajstić information content (AvgIpc) is 2.38. The van der Waals surface area contributed by atoms with Crippen molar-refractivity contribution in [3.05, 3.63) is 46.1 Å². The van der Waals surface area contributed by atoms with Crippen molar-refractivity contribution in [1.82, 2.24) is 4.98 Å². The Hall–Kier alpha value is -1.29. The molecule has 0 aliphatic carbocycles. The van der Waals surface area contributed by atoms with Crippen molar-refractivity contribution in [1.29, 1.82) is 0 Å². The van der Waals surface area contributed by atoms with Crippen LogP contribution in [0.2, 0.25) is 10.0 Å². The van der Waals surface area contributed by atoms with E-state index in [4.69, 9.17) is 33.0 Å². The quantitative estimate of drug-likeness (QED) is 0.937. The summed E-state index contributed by atoms with van der Waals surface area (Å²) >= 11 is 12.0. The molecule has 0 spiro atoms. The van der Waals surface area contributed by atoms with Crippen LogP contribution in [0.3, 0.4) is 0 Å². The zero-order valence-corrected chi connectivity index (χ0v) is 11.2. The lowest BCUT2D eigenvalue weighted by molar-refractivity contribution is 0.276. The van der Waals surface area contributed by atoms with E-state index in [1.54, 1.807) is 37.4 Å². The smallest absolute Gasteiger partial charge is 0.145 e. The number of methoxy groups -OCH3 is 1. The highest BCUT2D eigenvalue weighted by Crippen LogP contribution is 2.34. The van der Waals surface area contributed by atoms with Crippen molar-refractivity contribution in [2.45, 2.75) is 6.61 Å². The molecule has 0 aliphatic heterocycles. The lowest BCUT2D eigenvalue weighted by Crippen LogP contribution is -1.96.